The predicted octanol–water partition coefficient (Wildman–Crippen LogP) is 1.80. The fraction of sp³-hybridized carbons (Fsp3) is 0.500. The first-order valence-corrected chi connectivity index (χ1v) is 3.70. The standard InChI is InChI=1S/C8H8F4O2/c1-3-4(9)6(11)7(2,13)8(12,14)5(3)10/h13-14H,1-2H3. The van der Waals surface area contributed by atoms with Crippen molar-refractivity contribution in [2.75, 3.05) is 0 Å². The van der Waals surface area contributed by atoms with Crippen LogP contribution in [0.1, 0.15) is 13.8 Å². The van der Waals surface area contributed by atoms with Crippen LogP contribution < -0.4 is 0 Å². The second-order valence-corrected chi connectivity index (χ2v) is 3.26. The first kappa shape index (κ1) is 11.2. The molecule has 2 unspecified atom stereocenters. The summed E-state index contributed by atoms with van der Waals surface area (Å²) < 4.78 is 51.8. The Bertz CT molecular complexity index is 307. The molecule has 2 atom stereocenters. The van der Waals surface area contributed by atoms with Crippen LogP contribution in [0, 0.1) is 0 Å². The molecule has 0 spiro atoms. The van der Waals surface area contributed by atoms with Gasteiger partial charge in [-0.15, -0.1) is 0 Å². The summed E-state index contributed by atoms with van der Waals surface area (Å²) in [6.07, 6.45) is 0. The van der Waals surface area contributed by atoms with Crippen LogP contribution in [0.15, 0.2) is 23.1 Å². The highest BCUT2D eigenvalue weighted by atomic mass is 19.2. The molecule has 0 radical (unpaired) electrons. The first-order valence-electron chi connectivity index (χ1n) is 3.70. The van der Waals surface area contributed by atoms with Crippen molar-refractivity contribution in [2.24, 2.45) is 0 Å². The summed E-state index contributed by atoms with van der Waals surface area (Å²) in [5, 5.41) is 17.9. The number of hydrogen-bond donors (Lipinski definition) is 2. The molecule has 0 aliphatic heterocycles. The van der Waals surface area contributed by atoms with Crippen LogP contribution in [-0.2, 0) is 0 Å². The molecule has 1 aliphatic carbocycles. The zero-order chi connectivity index (χ0) is 11.3. The van der Waals surface area contributed by atoms with Gasteiger partial charge < -0.3 is 10.2 Å². The summed E-state index contributed by atoms with van der Waals surface area (Å²) >= 11 is 0. The molecule has 0 heterocycles. The molecule has 0 fully saturated rings. The van der Waals surface area contributed by atoms with E-state index in [2.05, 4.69) is 0 Å². The first-order chi connectivity index (χ1) is 6.14. The Morgan fingerprint density at radius 3 is 1.93 bits per heavy atom. The summed E-state index contributed by atoms with van der Waals surface area (Å²) in [6, 6.07) is 0. The van der Waals surface area contributed by atoms with Crippen LogP contribution in [0.5, 0.6) is 0 Å². The molecule has 0 amide bonds. The van der Waals surface area contributed by atoms with Gasteiger partial charge in [-0.2, -0.15) is 0 Å². The zero-order valence-corrected chi connectivity index (χ0v) is 7.41. The topological polar surface area (TPSA) is 40.5 Å². The Morgan fingerprint density at radius 2 is 1.50 bits per heavy atom. The van der Waals surface area contributed by atoms with Gasteiger partial charge in [0.25, 0.3) is 5.85 Å². The fourth-order valence-electron chi connectivity index (χ4n) is 1.08. The number of alkyl halides is 1. The molecular formula is C8H8F4O2. The van der Waals surface area contributed by atoms with E-state index in [9.17, 15) is 17.6 Å². The minimum Gasteiger partial charge on any atom is -0.377 e. The van der Waals surface area contributed by atoms with E-state index in [1.165, 1.54) is 0 Å². The average molecular weight is 212 g/mol. The number of rotatable bonds is 0. The van der Waals surface area contributed by atoms with Crippen LogP contribution in [0.2, 0.25) is 0 Å². The van der Waals surface area contributed by atoms with Gasteiger partial charge in [0.1, 0.15) is 0 Å². The lowest BCUT2D eigenvalue weighted by Crippen LogP contribution is -2.52. The maximum absolute atomic E-state index is 13.1. The maximum atomic E-state index is 13.1. The summed E-state index contributed by atoms with van der Waals surface area (Å²) in [4.78, 5) is 0. The minimum atomic E-state index is -3.95. The molecule has 0 aromatic heterocycles. The molecule has 0 aromatic carbocycles. The third-order valence-corrected chi connectivity index (χ3v) is 2.21. The summed E-state index contributed by atoms with van der Waals surface area (Å²) in [7, 11) is 0. The molecule has 0 saturated heterocycles. The van der Waals surface area contributed by atoms with Crippen molar-refractivity contribution in [2.45, 2.75) is 25.3 Å². The highest BCUT2D eigenvalue weighted by Gasteiger charge is 2.58. The smallest absolute Gasteiger partial charge is 0.295 e. The average Bonchev–Trinajstić information content (AvgIpc) is 2.10. The van der Waals surface area contributed by atoms with Crippen molar-refractivity contribution in [3.8, 4) is 0 Å². The van der Waals surface area contributed by atoms with Crippen LogP contribution in [0.25, 0.3) is 0 Å². The van der Waals surface area contributed by atoms with E-state index >= 15 is 0 Å². The number of halogens is 4. The van der Waals surface area contributed by atoms with Gasteiger partial charge in [-0.1, -0.05) is 0 Å². The van der Waals surface area contributed by atoms with Crippen LogP contribution in [-0.4, -0.2) is 21.7 Å². The highest BCUT2D eigenvalue weighted by molar-refractivity contribution is 5.42. The maximum Gasteiger partial charge on any atom is 0.295 e. The van der Waals surface area contributed by atoms with Gasteiger partial charge in [0.05, 0.1) is 0 Å². The normalized spacial score (nSPS) is 39.4. The van der Waals surface area contributed by atoms with Crippen molar-refractivity contribution >= 4 is 0 Å². The van der Waals surface area contributed by atoms with Gasteiger partial charge in [0, 0.05) is 5.57 Å². The summed E-state index contributed by atoms with van der Waals surface area (Å²) in [5.74, 6) is -9.51. The lowest BCUT2D eigenvalue weighted by molar-refractivity contribution is -0.199. The largest absolute Gasteiger partial charge is 0.377 e. The molecule has 6 heteroatoms. The van der Waals surface area contributed by atoms with Crippen LogP contribution >= 0.6 is 0 Å². The van der Waals surface area contributed by atoms with Gasteiger partial charge in [-0.3, -0.25) is 0 Å². The fourth-order valence-corrected chi connectivity index (χ4v) is 1.08. The lowest BCUT2D eigenvalue weighted by atomic mass is 9.86. The number of aliphatic hydroxyl groups is 2. The van der Waals surface area contributed by atoms with E-state index in [1.54, 1.807) is 0 Å². The molecule has 14 heavy (non-hydrogen) atoms. The van der Waals surface area contributed by atoms with Crippen molar-refractivity contribution in [3.05, 3.63) is 23.1 Å². The van der Waals surface area contributed by atoms with E-state index in [-0.39, 0.29) is 0 Å². The molecular weight excluding hydrogens is 204 g/mol. The monoisotopic (exact) mass is 212 g/mol. The quantitative estimate of drug-likeness (QED) is 0.601. The van der Waals surface area contributed by atoms with E-state index in [0.717, 1.165) is 6.92 Å². The van der Waals surface area contributed by atoms with Crippen molar-refractivity contribution in [1.82, 2.24) is 0 Å². The van der Waals surface area contributed by atoms with Crippen molar-refractivity contribution in [3.63, 3.8) is 0 Å². The van der Waals surface area contributed by atoms with Gasteiger partial charge >= 0.3 is 0 Å². The summed E-state index contributed by atoms with van der Waals surface area (Å²) in [6.45, 7) is 1.19. The molecule has 2 N–H and O–H groups in total. The Labute approximate surface area is 77.2 Å². The second kappa shape index (κ2) is 2.80. The third-order valence-electron chi connectivity index (χ3n) is 2.21. The SMILES string of the molecule is CC1=C(F)C(O)(F)C(C)(O)C(F)=C1F. The molecule has 1 rings (SSSR count). The molecule has 0 aromatic rings. The molecule has 2 nitrogen and oxygen atoms in total. The molecule has 0 saturated carbocycles. The van der Waals surface area contributed by atoms with E-state index < -0.39 is 34.5 Å². The van der Waals surface area contributed by atoms with Gasteiger partial charge in [-0.25, -0.2) is 17.6 Å². The van der Waals surface area contributed by atoms with Crippen LogP contribution in [0.4, 0.5) is 17.6 Å². The second-order valence-electron chi connectivity index (χ2n) is 3.26. The highest BCUT2D eigenvalue weighted by Crippen LogP contribution is 2.46. The predicted molar refractivity (Wildman–Crippen MR) is 39.7 cm³/mol. The van der Waals surface area contributed by atoms with Crippen molar-refractivity contribution < 1.29 is 27.8 Å². The Balaban J connectivity index is 3.48. The zero-order valence-electron chi connectivity index (χ0n) is 7.41. The third kappa shape index (κ3) is 1.10. The number of allylic oxidation sites excluding steroid dienone is 2. The Hall–Kier alpha value is -0.880. The minimum absolute atomic E-state index is 0.438. The van der Waals surface area contributed by atoms with E-state index in [0.29, 0.717) is 6.92 Å². The van der Waals surface area contributed by atoms with Crippen molar-refractivity contribution in [1.29, 1.82) is 0 Å². The van der Waals surface area contributed by atoms with Gasteiger partial charge in [-0.05, 0) is 13.8 Å². The van der Waals surface area contributed by atoms with E-state index in [4.69, 9.17) is 10.2 Å². The molecule has 0 bridgehead atoms. The Kier molecular flexibility index (Phi) is 2.24. The van der Waals surface area contributed by atoms with E-state index in [1.807, 2.05) is 0 Å². The van der Waals surface area contributed by atoms with Crippen LogP contribution in [0.3, 0.4) is 0 Å². The van der Waals surface area contributed by atoms with Gasteiger partial charge in [0.2, 0.25) is 0 Å². The lowest BCUT2D eigenvalue weighted by Gasteiger charge is -2.35. The molecule has 1 aliphatic rings. The summed E-state index contributed by atoms with van der Waals surface area (Å²) in [5.41, 5.74) is -4.25. The van der Waals surface area contributed by atoms with Gasteiger partial charge in [0.15, 0.2) is 23.1 Å². The number of hydrogen-bond acceptors (Lipinski definition) is 2. The Morgan fingerprint density at radius 1 is 1.07 bits per heavy atom. The molecule has 80 valence electrons.